The van der Waals surface area contributed by atoms with Crippen molar-refractivity contribution in [3.8, 4) is 0 Å². The first-order valence-electron chi connectivity index (χ1n) is 7.29. The maximum Gasteiger partial charge on any atom is 0.334 e. The number of hydrogen-bond donors (Lipinski definition) is 2. The van der Waals surface area contributed by atoms with Crippen molar-refractivity contribution in [2.24, 2.45) is 0 Å². The Hall–Kier alpha value is -1.59. The number of amides is 1. The zero-order valence-electron chi connectivity index (χ0n) is 12.5. The van der Waals surface area contributed by atoms with Crippen LogP contribution in [0.2, 0.25) is 5.02 Å². The third-order valence-corrected chi connectivity index (χ3v) is 4.55. The summed E-state index contributed by atoms with van der Waals surface area (Å²) in [6, 6.07) is 7.30. The van der Waals surface area contributed by atoms with Gasteiger partial charge in [0.2, 0.25) is 5.91 Å². The van der Waals surface area contributed by atoms with Gasteiger partial charge in [0.05, 0.1) is 12.0 Å². The van der Waals surface area contributed by atoms with E-state index in [2.05, 4.69) is 5.32 Å². The predicted molar refractivity (Wildman–Crippen MR) is 83.0 cm³/mol. The number of methoxy groups -OCH3 is 1. The molecule has 0 bridgehead atoms. The third kappa shape index (κ3) is 3.42. The molecule has 2 rings (SSSR count). The van der Waals surface area contributed by atoms with E-state index in [-0.39, 0.29) is 12.5 Å². The summed E-state index contributed by atoms with van der Waals surface area (Å²) in [5.74, 6) is -1.23. The highest BCUT2D eigenvalue weighted by molar-refractivity contribution is 6.30. The zero-order valence-corrected chi connectivity index (χ0v) is 13.2. The van der Waals surface area contributed by atoms with Crippen molar-refractivity contribution in [2.75, 3.05) is 13.7 Å². The lowest BCUT2D eigenvalue weighted by Crippen LogP contribution is -2.46. The monoisotopic (exact) mass is 325 g/mol. The second kappa shape index (κ2) is 7.11. The minimum absolute atomic E-state index is 0.0417. The first kappa shape index (κ1) is 16.8. The standard InChI is InChI=1S/C16H20ClNO4/c1-22-13(14(19)20)10-18-15(21)16(8-2-3-9-16)11-4-6-12(17)7-5-11/h4-7,13H,2-3,8-10H2,1H3,(H,18,21)(H,19,20). The van der Waals surface area contributed by atoms with Gasteiger partial charge in [0.1, 0.15) is 0 Å². The van der Waals surface area contributed by atoms with Gasteiger partial charge in [-0.2, -0.15) is 0 Å². The average Bonchev–Trinajstić information content (AvgIpc) is 2.99. The fourth-order valence-electron chi connectivity index (χ4n) is 3.02. The van der Waals surface area contributed by atoms with Crippen LogP contribution in [0.3, 0.4) is 0 Å². The smallest absolute Gasteiger partial charge is 0.334 e. The van der Waals surface area contributed by atoms with Gasteiger partial charge in [0.25, 0.3) is 0 Å². The number of carboxylic acids is 1. The van der Waals surface area contributed by atoms with Crippen LogP contribution >= 0.6 is 11.6 Å². The molecule has 1 aliphatic rings. The molecule has 2 N–H and O–H groups in total. The van der Waals surface area contributed by atoms with E-state index in [1.54, 1.807) is 12.1 Å². The van der Waals surface area contributed by atoms with Gasteiger partial charge in [-0.05, 0) is 30.5 Å². The van der Waals surface area contributed by atoms with Crippen molar-refractivity contribution >= 4 is 23.5 Å². The zero-order chi connectivity index (χ0) is 16.2. The van der Waals surface area contributed by atoms with E-state index in [1.165, 1.54) is 7.11 Å². The predicted octanol–water partition coefficient (Wildman–Crippen LogP) is 2.37. The molecule has 0 heterocycles. The van der Waals surface area contributed by atoms with Gasteiger partial charge >= 0.3 is 5.97 Å². The Balaban J connectivity index is 2.15. The van der Waals surface area contributed by atoms with Crippen LogP contribution in [-0.2, 0) is 19.7 Å². The van der Waals surface area contributed by atoms with Crippen molar-refractivity contribution < 1.29 is 19.4 Å². The van der Waals surface area contributed by atoms with E-state index in [9.17, 15) is 9.59 Å². The summed E-state index contributed by atoms with van der Waals surface area (Å²) in [6.45, 7) is -0.0417. The Kier molecular flexibility index (Phi) is 5.42. The summed E-state index contributed by atoms with van der Waals surface area (Å²) in [6.07, 6.45) is 2.43. The summed E-state index contributed by atoms with van der Waals surface area (Å²) in [5, 5.41) is 12.3. The van der Waals surface area contributed by atoms with E-state index in [0.29, 0.717) is 5.02 Å². The highest BCUT2D eigenvalue weighted by Crippen LogP contribution is 2.41. The molecule has 0 spiro atoms. The van der Waals surface area contributed by atoms with Crippen molar-refractivity contribution in [1.29, 1.82) is 0 Å². The van der Waals surface area contributed by atoms with Crippen LogP contribution in [-0.4, -0.2) is 36.7 Å². The molecular formula is C16H20ClNO4. The summed E-state index contributed by atoms with van der Waals surface area (Å²) >= 11 is 5.92. The number of benzene rings is 1. The molecule has 0 saturated heterocycles. The van der Waals surface area contributed by atoms with Gasteiger partial charge in [0.15, 0.2) is 6.10 Å². The molecule has 6 heteroatoms. The highest BCUT2D eigenvalue weighted by Gasteiger charge is 2.42. The van der Waals surface area contributed by atoms with Crippen LogP contribution < -0.4 is 5.32 Å². The lowest BCUT2D eigenvalue weighted by molar-refractivity contribution is -0.148. The van der Waals surface area contributed by atoms with E-state index >= 15 is 0 Å². The summed E-state index contributed by atoms with van der Waals surface area (Å²) in [7, 11) is 1.31. The molecule has 1 aliphatic carbocycles. The third-order valence-electron chi connectivity index (χ3n) is 4.30. The van der Waals surface area contributed by atoms with Gasteiger partial charge < -0.3 is 15.2 Å². The maximum atomic E-state index is 12.7. The Morgan fingerprint density at radius 1 is 1.32 bits per heavy atom. The number of hydrogen-bond acceptors (Lipinski definition) is 3. The van der Waals surface area contributed by atoms with Gasteiger partial charge in [-0.3, -0.25) is 4.79 Å². The molecule has 1 atom stereocenters. The topological polar surface area (TPSA) is 75.6 Å². The molecule has 1 amide bonds. The summed E-state index contributed by atoms with van der Waals surface area (Å²) in [4.78, 5) is 23.7. The van der Waals surface area contributed by atoms with Crippen LogP contribution in [0.5, 0.6) is 0 Å². The van der Waals surface area contributed by atoms with Gasteiger partial charge in [-0.25, -0.2) is 4.79 Å². The summed E-state index contributed by atoms with van der Waals surface area (Å²) < 4.78 is 4.85. The first-order chi connectivity index (χ1) is 10.5. The largest absolute Gasteiger partial charge is 0.479 e. The molecule has 5 nitrogen and oxygen atoms in total. The molecule has 0 radical (unpaired) electrons. The van der Waals surface area contributed by atoms with E-state index in [4.69, 9.17) is 21.4 Å². The van der Waals surface area contributed by atoms with Crippen LogP contribution in [0.4, 0.5) is 0 Å². The molecule has 22 heavy (non-hydrogen) atoms. The minimum atomic E-state index is -1.09. The van der Waals surface area contributed by atoms with E-state index < -0.39 is 17.5 Å². The quantitative estimate of drug-likeness (QED) is 0.842. The number of ether oxygens (including phenoxy) is 1. The van der Waals surface area contributed by atoms with E-state index in [1.807, 2.05) is 12.1 Å². The molecule has 1 fully saturated rings. The fourth-order valence-corrected chi connectivity index (χ4v) is 3.15. The molecule has 1 aromatic carbocycles. The fraction of sp³-hybridized carbons (Fsp3) is 0.500. The Morgan fingerprint density at radius 2 is 1.91 bits per heavy atom. The van der Waals surface area contributed by atoms with Crippen molar-refractivity contribution in [3.05, 3.63) is 34.9 Å². The second-order valence-electron chi connectivity index (χ2n) is 5.57. The molecule has 120 valence electrons. The van der Waals surface area contributed by atoms with E-state index in [0.717, 1.165) is 31.2 Å². The number of nitrogens with one attached hydrogen (secondary N) is 1. The molecule has 1 saturated carbocycles. The maximum absolute atomic E-state index is 12.7. The molecule has 0 aliphatic heterocycles. The number of halogens is 1. The van der Waals surface area contributed by atoms with Crippen LogP contribution in [0.15, 0.2) is 24.3 Å². The van der Waals surface area contributed by atoms with Crippen molar-refractivity contribution in [3.63, 3.8) is 0 Å². The molecule has 1 unspecified atom stereocenters. The van der Waals surface area contributed by atoms with Gasteiger partial charge in [-0.1, -0.05) is 36.6 Å². The Morgan fingerprint density at radius 3 is 2.41 bits per heavy atom. The van der Waals surface area contributed by atoms with Crippen molar-refractivity contribution in [1.82, 2.24) is 5.32 Å². The molecular weight excluding hydrogens is 306 g/mol. The molecule has 1 aromatic rings. The highest BCUT2D eigenvalue weighted by atomic mass is 35.5. The van der Waals surface area contributed by atoms with Gasteiger partial charge in [-0.15, -0.1) is 0 Å². The number of carbonyl (C=O) groups excluding carboxylic acids is 1. The van der Waals surface area contributed by atoms with Crippen molar-refractivity contribution in [2.45, 2.75) is 37.2 Å². The summed E-state index contributed by atoms with van der Waals surface area (Å²) in [5.41, 5.74) is 0.331. The molecule has 0 aromatic heterocycles. The van der Waals surface area contributed by atoms with Crippen LogP contribution in [0.1, 0.15) is 31.2 Å². The number of aliphatic carboxylic acids is 1. The van der Waals surface area contributed by atoms with Crippen LogP contribution in [0, 0.1) is 0 Å². The van der Waals surface area contributed by atoms with Crippen LogP contribution in [0.25, 0.3) is 0 Å². The lowest BCUT2D eigenvalue weighted by atomic mass is 9.78. The minimum Gasteiger partial charge on any atom is -0.479 e. The Bertz CT molecular complexity index is 538. The number of carboxylic acid groups (broad SMARTS) is 1. The number of carbonyl (C=O) groups is 2. The lowest BCUT2D eigenvalue weighted by Gasteiger charge is -2.29. The first-order valence-corrected chi connectivity index (χ1v) is 7.67. The Labute approximate surface area is 134 Å². The average molecular weight is 326 g/mol. The van der Waals surface area contributed by atoms with Gasteiger partial charge in [0, 0.05) is 12.1 Å². The second-order valence-corrected chi connectivity index (χ2v) is 6.01. The number of rotatable bonds is 6. The SMILES string of the molecule is COC(CNC(=O)C1(c2ccc(Cl)cc2)CCCC1)C(=O)O. The normalized spacial score (nSPS) is 17.9.